The number of rotatable bonds is 8. The number of hydrogen-bond acceptors (Lipinski definition) is 4. The Morgan fingerprint density at radius 1 is 1.15 bits per heavy atom. The van der Waals surface area contributed by atoms with E-state index < -0.39 is 0 Å². The summed E-state index contributed by atoms with van der Waals surface area (Å²) in [4.78, 5) is 31.6. The number of carbonyl (C=O) groups excluding carboxylic acids is 2. The van der Waals surface area contributed by atoms with Gasteiger partial charge in [-0.1, -0.05) is 37.3 Å². The van der Waals surface area contributed by atoms with Gasteiger partial charge in [-0.25, -0.2) is 4.98 Å². The van der Waals surface area contributed by atoms with Crippen molar-refractivity contribution in [3.63, 3.8) is 0 Å². The van der Waals surface area contributed by atoms with Gasteiger partial charge in [0, 0.05) is 17.5 Å². The number of benzene rings is 1. The first-order valence-electron chi connectivity index (χ1n) is 9.44. The molecule has 1 N–H and O–H groups in total. The SMILES string of the molecule is CCC(C(=O)N(Cc1nc(C(=O)NC(C)C)cs1)C(C)C)c1ccccc1. The molecule has 2 amide bonds. The molecule has 0 spiro atoms. The van der Waals surface area contributed by atoms with Crippen molar-refractivity contribution in [1.29, 1.82) is 0 Å². The van der Waals surface area contributed by atoms with Gasteiger partial charge in [-0.2, -0.15) is 0 Å². The Labute approximate surface area is 165 Å². The third kappa shape index (κ3) is 5.63. The molecule has 0 aliphatic carbocycles. The van der Waals surface area contributed by atoms with Crippen LogP contribution in [0.15, 0.2) is 35.7 Å². The first-order valence-corrected chi connectivity index (χ1v) is 10.3. The van der Waals surface area contributed by atoms with E-state index >= 15 is 0 Å². The molecule has 5 nitrogen and oxygen atoms in total. The molecule has 2 aromatic rings. The molecule has 1 aromatic carbocycles. The molecule has 0 fully saturated rings. The van der Waals surface area contributed by atoms with Crippen LogP contribution in [0, 0.1) is 0 Å². The molecule has 0 bridgehead atoms. The average Bonchev–Trinajstić information content (AvgIpc) is 3.09. The van der Waals surface area contributed by atoms with Crippen molar-refractivity contribution in [3.05, 3.63) is 52.0 Å². The lowest BCUT2D eigenvalue weighted by atomic mass is 9.94. The molecule has 2 rings (SSSR count). The fourth-order valence-corrected chi connectivity index (χ4v) is 3.70. The van der Waals surface area contributed by atoms with Crippen molar-refractivity contribution in [2.45, 2.75) is 65.6 Å². The fraction of sp³-hybridized carbons (Fsp3) is 0.476. The number of hydrogen-bond donors (Lipinski definition) is 1. The summed E-state index contributed by atoms with van der Waals surface area (Å²) in [5.41, 5.74) is 1.45. The van der Waals surface area contributed by atoms with Crippen LogP contribution in [0.3, 0.4) is 0 Å². The normalized spacial score (nSPS) is 12.3. The summed E-state index contributed by atoms with van der Waals surface area (Å²) in [5, 5.41) is 5.37. The van der Waals surface area contributed by atoms with Gasteiger partial charge in [-0.15, -0.1) is 11.3 Å². The molecule has 0 saturated heterocycles. The van der Waals surface area contributed by atoms with Crippen LogP contribution >= 0.6 is 11.3 Å². The summed E-state index contributed by atoms with van der Waals surface area (Å²) in [6, 6.07) is 10.0. The van der Waals surface area contributed by atoms with Crippen LogP contribution in [0.4, 0.5) is 0 Å². The van der Waals surface area contributed by atoms with Crippen LogP contribution in [-0.4, -0.2) is 33.8 Å². The second-order valence-electron chi connectivity index (χ2n) is 7.19. The monoisotopic (exact) mass is 387 g/mol. The lowest BCUT2D eigenvalue weighted by Gasteiger charge is -2.30. The number of carbonyl (C=O) groups is 2. The van der Waals surface area contributed by atoms with E-state index in [4.69, 9.17) is 0 Å². The predicted octanol–water partition coefficient (Wildman–Crippen LogP) is 4.21. The predicted molar refractivity (Wildman–Crippen MR) is 110 cm³/mol. The smallest absolute Gasteiger partial charge is 0.270 e. The molecule has 6 heteroatoms. The van der Waals surface area contributed by atoms with Crippen LogP contribution in [-0.2, 0) is 11.3 Å². The van der Waals surface area contributed by atoms with Crippen LogP contribution in [0.5, 0.6) is 0 Å². The third-order valence-corrected chi connectivity index (χ3v) is 5.16. The standard InChI is InChI=1S/C21H29N3O2S/c1-6-17(16-10-8-7-9-11-16)21(26)24(15(4)5)12-19-23-18(13-27-19)20(25)22-14(2)3/h7-11,13-15,17H,6,12H2,1-5H3,(H,22,25). The first-order chi connectivity index (χ1) is 12.8. The second-order valence-corrected chi connectivity index (χ2v) is 8.13. The summed E-state index contributed by atoms with van der Waals surface area (Å²) in [6.07, 6.45) is 0.742. The molecule has 1 atom stereocenters. The number of thiazole rings is 1. The molecular formula is C21H29N3O2S. The van der Waals surface area contributed by atoms with E-state index in [9.17, 15) is 9.59 Å². The summed E-state index contributed by atoms with van der Waals surface area (Å²) >= 11 is 1.42. The highest BCUT2D eigenvalue weighted by Crippen LogP contribution is 2.25. The van der Waals surface area contributed by atoms with E-state index in [-0.39, 0.29) is 29.8 Å². The highest BCUT2D eigenvalue weighted by molar-refractivity contribution is 7.09. The Hall–Kier alpha value is -2.21. The lowest BCUT2D eigenvalue weighted by molar-refractivity contribution is -0.135. The Kier molecular flexibility index (Phi) is 7.54. The van der Waals surface area contributed by atoms with Gasteiger partial charge < -0.3 is 10.2 Å². The van der Waals surface area contributed by atoms with Crippen molar-refractivity contribution in [1.82, 2.24) is 15.2 Å². The Morgan fingerprint density at radius 2 is 1.81 bits per heavy atom. The Morgan fingerprint density at radius 3 is 2.37 bits per heavy atom. The first kappa shape index (κ1) is 21.1. The topological polar surface area (TPSA) is 62.3 Å². The molecule has 0 aliphatic rings. The quantitative estimate of drug-likeness (QED) is 0.738. The zero-order valence-corrected chi connectivity index (χ0v) is 17.5. The van der Waals surface area contributed by atoms with Crippen molar-refractivity contribution in [3.8, 4) is 0 Å². The van der Waals surface area contributed by atoms with Crippen LogP contribution < -0.4 is 5.32 Å². The number of aromatic nitrogens is 1. The van der Waals surface area contributed by atoms with E-state index in [0.29, 0.717) is 12.2 Å². The minimum atomic E-state index is -0.175. The summed E-state index contributed by atoms with van der Waals surface area (Å²) in [6.45, 7) is 10.3. The van der Waals surface area contributed by atoms with Gasteiger partial charge in [-0.3, -0.25) is 9.59 Å². The largest absolute Gasteiger partial charge is 0.349 e. The minimum absolute atomic E-state index is 0.0482. The maximum atomic E-state index is 13.2. The van der Waals surface area contributed by atoms with E-state index in [1.807, 2.05) is 69.9 Å². The van der Waals surface area contributed by atoms with Gasteiger partial charge in [-0.05, 0) is 39.7 Å². The molecule has 1 aromatic heterocycles. The summed E-state index contributed by atoms with van der Waals surface area (Å²) in [7, 11) is 0. The van der Waals surface area contributed by atoms with Crippen molar-refractivity contribution >= 4 is 23.2 Å². The highest BCUT2D eigenvalue weighted by Gasteiger charge is 2.27. The molecular weight excluding hydrogens is 358 g/mol. The number of amides is 2. The van der Waals surface area contributed by atoms with Crippen LogP contribution in [0.1, 0.15) is 68.0 Å². The van der Waals surface area contributed by atoms with Gasteiger partial charge in [0.25, 0.3) is 5.91 Å². The van der Waals surface area contributed by atoms with Gasteiger partial charge >= 0.3 is 0 Å². The van der Waals surface area contributed by atoms with Crippen LogP contribution in [0.25, 0.3) is 0 Å². The van der Waals surface area contributed by atoms with Gasteiger partial charge in [0.2, 0.25) is 5.91 Å². The molecule has 27 heavy (non-hydrogen) atoms. The van der Waals surface area contributed by atoms with E-state index in [2.05, 4.69) is 10.3 Å². The third-order valence-electron chi connectivity index (χ3n) is 4.32. The molecule has 1 unspecified atom stereocenters. The summed E-state index contributed by atoms with van der Waals surface area (Å²) in [5.74, 6) is -0.245. The maximum Gasteiger partial charge on any atom is 0.270 e. The van der Waals surface area contributed by atoms with Gasteiger partial charge in [0.15, 0.2) is 0 Å². The molecule has 0 aliphatic heterocycles. The average molecular weight is 388 g/mol. The van der Waals surface area contributed by atoms with Gasteiger partial charge in [0.1, 0.15) is 10.7 Å². The van der Waals surface area contributed by atoms with E-state index in [1.165, 1.54) is 11.3 Å². The molecule has 1 heterocycles. The minimum Gasteiger partial charge on any atom is -0.349 e. The lowest BCUT2D eigenvalue weighted by Crippen LogP contribution is -2.39. The Balaban J connectivity index is 2.17. The fourth-order valence-electron chi connectivity index (χ4n) is 2.92. The van der Waals surface area contributed by atoms with Crippen molar-refractivity contribution in [2.24, 2.45) is 0 Å². The Bertz CT molecular complexity index is 756. The molecule has 0 saturated carbocycles. The zero-order chi connectivity index (χ0) is 20.0. The molecule has 0 radical (unpaired) electrons. The second kappa shape index (κ2) is 9.65. The van der Waals surface area contributed by atoms with Crippen molar-refractivity contribution in [2.75, 3.05) is 0 Å². The van der Waals surface area contributed by atoms with Gasteiger partial charge in [0.05, 0.1) is 12.5 Å². The maximum absolute atomic E-state index is 13.2. The van der Waals surface area contributed by atoms with Crippen molar-refractivity contribution < 1.29 is 9.59 Å². The van der Waals surface area contributed by atoms with Crippen LogP contribution in [0.2, 0.25) is 0 Å². The number of nitrogens with one attached hydrogen (secondary N) is 1. The zero-order valence-electron chi connectivity index (χ0n) is 16.7. The van der Waals surface area contributed by atoms with E-state index in [0.717, 1.165) is 17.0 Å². The van der Waals surface area contributed by atoms with E-state index in [1.54, 1.807) is 5.38 Å². The highest BCUT2D eigenvalue weighted by atomic mass is 32.1. The molecule has 146 valence electrons. The summed E-state index contributed by atoms with van der Waals surface area (Å²) < 4.78 is 0. The number of nitrogens with zero attached hydrogens (tertiary/aromatic N) is 2.